The normalized spacial score (nSPS) is 13.2. The number of rotatable bonds is 3. The summed E-state index contributed by atoms with van der Waals surface area (Å²) in [6, 6.07) is 10.7. The van der Waals surface area contributed by atoms with E-state index in [0.717, 1.165) is 16.8 Å². The second-order valence-electron chi connectivity index (χ2n) is 5.23. The highest BCUT2D eigenvalue weighted by Gasteiger charge is 2.30. The van der Waals surface area contributed by atoms with E-state index in [4.69, 9.17) is 0 Å². The van der Waals surface area contributed by atoms with Gasteiger partial charge in [-0.1, -0.05) is 29.5 Å². The van der Waals surface area contributed by atoms with Crippen molar-refractivity contribution in [1.82, 2.24) is 15.0 Å². The van der Waals surface area contributed by atoms with E-state index in [1.807, 2.05) is 0 Å². The highest BCUT2D eigenvalue weighted by Crippen LogP contribution is 2.30. The third-order valence-electron chi connectivity index (χ3n) is 3.60. The van der Waals surface area contributed by atoms with Gasteiger partial charge in [0.05, 0.1) is 23.6 Å². The number of aliphatic hydroxyl groups excluding tert-OH is 1. The van der Waals surface area contributed by atoms with Gasteiger partial charge in [0, 0.05) is 0 Å². The Morgan fingerprint density at radius 1 is 1.08 bits per heavy atom. The zero-order valence-corrected chi connectivity index (χ0v) is 12.2. The standard InChI is InChI=1S/C16H12F3N3O2/c17-16(18,19)11-7-5-10(6-8-11)14(23)9-22-15(24)12-3-1-2-4-13(12)20-21-22/h1-8,14,23H,9H2. The highest BCUT2D eigenvalue weighted by atomic mass is 19.4. The lowest BCUT2D eigenvalue weighted by molar-refractivity contribution is -0.137. The number of nitrogens with zero attached hydrogens (tertiary/aromatic N) is 3. The summed E-state index contributed by atoms with van der Waals surface area (Å²) in [4.78, 5) is 12.3. The summed E-state index contributed by atoms with van der Waals surface area (Å²) in [5.41, 5.74) is -0.541. The van der Waals surface area contributed by atoms with Gasteiger partial charge in [0.1, 0.15) is 5.52 Å². The quantitative estimate of drug-likeness (QED) is 0.799. The maximum Gasteiger partial charge on any atom is 0.416 e. The van der Waals surface area contributed by atoms with Crippen LogP contribution in [0.2, 0.25) is 0 Å². The first-order valence-corrected chi connectivity index (χ1v) is 7.04. The molecule has 0 aliphatic heterocycles. The summed E-state index contributed by atoms with van der Waals surface area (Å²) < 4.78 is 38.6. The Bertz CT molecular complexity index is 920. The van der Waals surface area contributed by atoms with Crippen LogP contribution in [0.4, 0.5) is 13.2 Å². The minimum Gasteiger partial charge on any atom is -0.386 e. The number of aromatic nitrogens is 3. The van der Waals surface area contributed by atoms with Crippen molar-refractivity contribution in [3.05, 3.63) is 70.0 Å². The first-order valence-electron chi connectivity index (χ1n) is 7.04. The predicted octanol–water partition coefficient (Wildman–Crippen LogP) is 2.54. The molecule has 2 aromatic carbocycles. The van der Waals surface area contributed by atoms with Crippen LogP contribution in [0.25, 0.3) is 10.9 Å². The van der Waals surface area contributed by atoms with Crippen LogP contribution in [0.1, 0.15) is 17.2 Å². The monoisotopic (exact) mass is 335 g/mol. The lowest BCUT2D eigenvalue weighted by Crippen LogP contribution is -2.27. The SMILES string of the molecule is O=c1c2ccccc2nnn1CC(O)c1ccc(C(F)(F)F)cc1. The van der Waals surface area contributed by atoms with Gasteiger partial charge in [-0.05, 0) is 29.8 Å². The molecule has 3 rings (SSSR count). The van der Waals surface area contributed by atoms with Crippen molar-refractivity contribution in [3.63, 3.8) is 0 Å². The van der Waals surface area contributed by atoms with Crippen LogP contribution in [-0.4, -0.2) is 20.1 Å². The molecular formula is C16H12F3N3O2. The fourth-order valence-corrected chi connectivity index (χ4v) is 2.31. The molecular weight excluding hydrogens is 323 g/mol. The number of aliphatic hydroxyl groups is 1. The van der Waals surface area contributed by atoms with Crippen molar-refractivity contribution in [3.8, 4) is 0 Å². The van der Waals surface area contributed by atoms with E-state index in [0.29, 0.717) is 10.9 Å². The smallest absolute Gasteiger partial charge is 0.386 e. The van der Waals surface area contributed by atoms with Crippen molar-refractivity contribution < 1.29 is 18.3 Å². The fraction of sp³-hybridized carbons (Fsp3) is 0.188. The number of alkyl halides is 3. The van der Waals surface area contributed by atoms with Gasteiger partial charge in [-0.25, -0.2) is 4.68 Å². The van der Waals surface area contributed by atoms with E-state index >= 15 is 0 Å². The topological polar surface area (TPSA) is 68.0 Å². The van der Waals surface area contributed by atoms with Crippen LogP contribution < -0.4 is 5.56 Å². The van der Waals surface area contributed by atoms with Crippen LogP contribution in [0.3, 0.4) is 0 Å². The van der Waals surface area contributed by atoms with Gasteiger partial charge in [0.15, 0.2) is 0 Å². The summed E-state index contributed by atoms with van der Waals surface area (Å²) in [6.45, 7) is -0.206. The molecule has 1 aromatic heterocycles. The average molecular weight is 335 g/mol. The molecule has 124 valence electrons. The van der Waals surface area contributed by atoms with Crippen molar-refractivity contribution in [2.75, 3.05) is 0 Å². The van der Waals surface area contributed by atoms with Crippen molar-refractivity contribution in [1.29, 1.82) is 0 Å². The third kappa shape index (κ3) is 3.13. The van der Waals surface area contributed by atoms with E-state index in [9.17, 15) is 23.1 Å². The van der Waals surface area contributed by atoms with Gasteiger partial charge < -0.3 is 5.11 Å². The molecule has 0 radical (unpaired) electrons. The number of benzene rings is 2. The number of halogens is 3. The zero-order valence-electron chi connectivity index (χ0n) is 12.2. The van der Waals surface area contributed by atoms with Crippen LogP contribution in [-0.2, 0) is 12.7 Å². The molecule has 0 amide bonds. The number of fused-ring (bicyclic) bond motifs is 1. The molecule has 3 aromatic rings. The lowest BCUT2D eigenvalue weighted by atomic mass is 10.1. The van der Waals surface area contributed by atoms with E-state index in [-0.39, 0.29) is 12.1 Å². The first kappa shape index (κ1) is 16.1. The highest BCUT2D eigenvalue weighted by molar-refractivity contribution is 5.76. The van der Waals surface area contributed by atoms with Crippen LogP contribution in [0, 0.1) is 0 Å². The zero-order chi connectivity index (χ0) is 17.3. The van der Waals surface area contributed by atoms with Crippen LogP contribution in [0.5, 0.6) is 0 Å². The minimum absolute atomic E-state index is 0.206. The summed E-state index contributed by atoms with van der Waals surface area (Å²) in [7, 11) is 0. The van der Waals surface area contributed by atoms with Gasteiger partial charge in [0.25, 0.3) is 5.56 Å². The maximum absolute atomic E-state index is 12.5. The van der Waals surface area contributed by atoms with Gasteiger partial charge in [-0.15, -0.1) is 5.10 Å². The molecule has 24 heavy (non-hydrogen) atoms. The molecule has 1 heterocycles. The van der Waals surface area contributed by atoms with Gasteiger partial charge in [-0.2, -0.15) is 13.2 Å². The average Bonchev–Trinajstić information content (AvgIpc) is 2.57. The Hall–Kier alpha value is -2.74. The molecule has 8 heteroatoms. The molecule has 0 aliphatic rings. The van der Waals surface area contributed by atoms with Crippen molar-refractivity contribution in [2.45, 2.75) is 18.8 Å². The predicted molar refractivity (Wildman–Crippen MR) is 80.2 cm³/mol. The van der Waals surface area contributed by atoms with Gasteiger partial charge in [-0.3, -0.25) is 4.79 Å². The second-order valence-corrected chi connectivity index (χ2v) is 5.23. The lowest BCUT2D eigenvalue weighted by Gasteiger charge is -2.13. The Balaban J connectivity index is 1.86. The largest absolute Gasteiger partial charge is 0.416 e. The molecule has 1 unspecified atom stereocenters. The minimum atomic E-state index is -4.44. The molecule has 5 nitrogen and oxygen atoms in total. The number of hydrogen-bond acceptors (Lipinski definition) is 4. The third-order valence-corrected chi connectivity index (χ3v) is 3.60. The Morgan fingerprint density at radius 2 is 1.75 bits per heavy atom. The molecule has 0 fully saturated rings. The van der Waals surface area contributed by atoms with E-state index in [1.54, 1.807) is 24.3 Å². The van der Waals surface area contributed by atoms with Gasteiger partial charge in [0.2, 0.25) is 0 Å². The van der Waals surface area contributed by atoms with E-state index < -0.39 is 23.4 Å². The summed E-state index contributed by atoms with van der Waals surface area (Å²) in [6.07, 6.45) is -5.62. The first-order chi connectivity index (χ1) is 11.4. The Morgan fingerprint density at radius 3 is 2.42 bits per heavy atom. The molecule has 0 saturated heterocycles. The summed E-state index contributed by atoms with van der Waals surface area (Å²) in [5, 5.41) is 18.1. The van der Waals surface area contributed by atoms with Crippen LogP contribution >= 0.6 is 0 Å². The number of hydrogen-bond donors (Lipinski definition) is 1. The van der Waals surface area contributed by atoms with Crippen molar-refractivity contribution in [2.24, 2.45) is 0 Å². The molecule has 1 atom stereocenters. The van der Waals surface area contributed by atoms with E-state index in [1.165, 1.54) is 12.1 Å². The molecule has 0 saturated carbocycles. The Labute approximate surface area is 134 Å². The van der Waals surface area contributed by atoms with E-state index in [2.05, 4.69) is 10.3 Å². The summed E-state index contributed by atoms with van der Waals surface area (Å²) >= 11 is 0. The molecule has 0 spiro atoms. The van der Waals surface area contributed by atoms with Crippen molar-refractivity contribution >= 4 is 10.9 Å². The molecule has 0 bridgehead atoms. The fourth-order valence-electron chi connectivity index (χ4n) is 2.31. The van der Waals surface area contributed by atoms with Gasteiger partial charge >= 0.3 is 6.18 Å². The van der Waals surface area contributed by atoms with Crippen LogP contribution in [0.15, 0.2) is 53.3 Å². The second kappa shape index (κ2) is 6.04. The molecule has 0 aliphatic carbocycles. The summed E-state index contributed by atoms with van der Waals surface area (Å²) in [5.74, 6) is 0. The maximum atomic E-state index is 12.5. The Kier molecular flexibility index (Phi) is 4.06. The molecule has 1 N–H and O–H groups in total.